The maximum atomic E-state index is 12.6. The first-order valence-corrected chi connectivity index (χ1v) is 9.12. The molecule has 1 amide bonds. The lowest BCUT2D eigenvalue weighted by atomic mass is 9.85. The van der Waals surface area contributed by atoms with Crippen LogP contribution in [-0.4, -0.2) is 47.2 Å². The van der Waals surface area contributed by atoms with Gasteiger partial charge in [-0.2, -0.15) is 5.10 Å². The SMILES string of the molecule is CN1CC2CCCC1CC(CNC(=O)c1n[nH]c3ccccc13)C2. The third-order valence-corrected chi connectivity index (χ3v) is 5.83. The molecule has 2 fully saturated rings. The summed E-state index contributed by atoms with van der Waals surface area (Å²) in [6, 6.07) is 8.46. The molecule has 1 aromatic carbocycles. The van der Waals surface area contributed by atoms with Gasteiger partial charge in [0.2, 0.25) is 0 Å². The van der Waals surface area contributed by atoms with Crippen molar-refractivity contribution in [3.8, 4) is 0 Å². The molecular formula is C19H26N4O. The number of hydrogen-bond donors (Lipinski definition) is 2. The Hall–Kier alpha value is -1.88. The average Bonchev–Trinajstić information content (AvgIpc) is 2.84. The topological polar surface area (TPSA) is 61.0 Å². The molecule has 3 atom stereocenters. The van der Waals surface area contributed by atoms with Crippen LogP contribution < -0.4 is 5.32 Å². The maximum Gasteiger partial charge on any atom is 0.272 e. The number of carbonyl (C=O) groups excluding carboxylic acids is 1. The first-order chi connectivity index (χ1) is 11.7. The highest BCUT2D eigenvalue weighted by atomic mass is 16.1. The van der Waals surface area contributed by atoms with Gasteiger partial charge in [0.05, 0.1) is 5.52 Å². The fourth-order valence-corrected chi connectivity index (χ4v) is 4.58. The highest BCUT2D eigenvalue weighted by molar-refractivity contribution is 6.04. The molecule has 2 saturated heterocycles. The second-order valence-electron chi connectivity index (χ2n) is 7.56. The van der Waals surface area contributed by atoms with Gasteiger partial charge < -0.3 is 10.2 Å². The summed E-state index contributed by atoms with van der Waals surface area (Å²) in [6.45, 7) is 1.99. The fourth-order valence-electron chi connectivity index (χ4n) is 4.58. The number of amides is 1. The number of aromatic nitrogens is 2. The van der Waals surface area contributed by atoms with Crippen molar-refractivity contribution in [3.05, 3.63) is 30.0 Å². The summed E-state index contributed by atoms with van der Waals surface area (Å²) in [5.74, 6) is 1.31. The number of fused-ring (bicyclic) bond motifs is 4. The molecule has 3 heterocycles. The smallest absolute Gasteiger partial charge is 0.272 e. The molecule has 0 radical (unpaired) electrons. The van der Waals surface area contributed by atoms with E-state index in [9.17, 15) is 4.79 Å². The third-order valence-electron chi connectivity index (χ3n) is 5.83. The molecule has 2 N–H and O–H groups in total. The van der Waals surface area contributed by atoms with Crippen LogP contribution >= 0.6 is 0 Å². The van der Waals surface area contributed by atoms with Crippen molar-refractivity contribution in [1.29, 1.82) is 0 Å². The summed E-state index contributed by atoms with van der Waals surface area (Å²) < 4.78 is 0. The van der Waals surface area contributed by atoms with Crippen molar-refractivity contribution in [1.82, 2.24) is 20.4 Å². The van der Waals surface area contributed by atoms with E-state index in [0.717, 1.165) is 23.4 Å². The zero-order valence-corrected chi connectivity index (χ0v) is 14.3. The maximum absolute atomic E-state index is 12.6. The lowest BCUT2D eigenvalue weighted by molar-refractivity contribution is 0.0939. The van der Waals surface area contributed by atoms with E-state index in [4.69, 9.17) is 0 Å². The van der Waals surface area contributed by atoms with Crippen LogP contribution in [0.25, 0.3) is 10.9 Å². The quantitative estimate of drug-likeness (QED) is 0.912. The molecule has 1 aromatic heterocycles. The van der Waals surface area contributed by atoms with Gasteiger partial charge in [-0.3, -0.25) is 9.89 Å². The molecule has 5 heteroatoms. The van der Waals surface area contributed by atoms with Crippen LogP contribution in [0, 0.1) is 11.8 Å². The minimum Gasteiger partial charge on any atom is -0.350 e. The van der Waals surface area contributed by atoms with Gasteiger partial charge in [0, 0.05) is 24.5 Å². The first-order valence-electron chi connectivity index (χ1n) is 9.12. The van der Waals surface area contributed by atoms with Crippen molar-refractivity contribution in [2.75, 3.05) is 20.1 Å². The van der Waals surface area contributed by atoms with Crippen LogP contribution in [0.15, 0.2) is 24.3 Å². The van der Waals surface area contributed by atoms with Crippen LogP contribution in [0.5, 0.6) is 0 Å². The predicted molar refractivity (Wildman–Crippen MR) is 94.9 cm³/mol. The van der Waals surface area contributed by atoms with Crippen molar-refractivity contribution in [3.63, 3.8) is 0 Å². The largest absolute Gasteiger partial charge is 0.350 e. The van der Waals surface area contributed by atoms with Crippen LogP contribution in [-0.2, 0) is 0 Å². The normalized spacial score (nSPS) is 27.8. The van der Waals surface area contributed by atoms with E-state index in [2.05, 4.69) is 27.5 Å². The van der Waals surface area contributed by atoms with Crippen molar-refractivity contribution < 1.29 is 4.79 Å². The number of nitrogens with one attached hydrogen (secondary N) is 2. The van der Waals surface area contributed by atoms with Crippen LogP contribution in [0.3, 0.4) is 0 Å². The third kappa shape index (κ3) is 3.05. The molecule has 128 valence electrons. The highest BCUT2D eigenvalue weighted by Gasteiger charge is 2.32. The molecule has 0 spiro atoms. The lowest BCUT2D eigenvalue weighted by Gasteiger charge is -2.26. The summed E-state index contributed by atoms with van der Waals surface area (Å²) in [5.41, 5.74) is 1.42. The van der Waals surface area contributed by atoms with E-state index in [1.807, 2.05) is 24.3 Å². The van der Waals surface area contributed by atoms with E-state index in [-0.39, 0.29) is 5.91 Å². The Labute approximate surface area is 142 Å². The van der Waals surface area contributed by atoms with Gasteiger partial charge >= 0.3 is 0 Å². The number of nitrogens with zero attached hydrogens (tertiary/aromatic N) is 2. The van der Waals surface area contributed by atoms with Gasteiger partial charge in [-0.15, -0.1) is 0 Å². The lowest BCUT2D eigenvalue weighted by Crippen LogP contribution is -2.34. The van der Waals surface area contributed by atoms with E-state index < -0.39 is 0 Å². The molecule has 2 aliphatic heterocycles. The monoisotopic (exact) mass is 326 g/mol. The molecule has 5 nitrogen and oxygen atoms in total. The summed E-state index contributed by atoms with van der Waals surface area (Å²) in [4.78, 5) is 15.1. The fraction of sp³-hybridized carbons (Fsp3) is 0.579. The van der Waals surface area contributed by atoms with Crippen LogP contribution in [0.4, 0.5) is 0 Å². The summed E-state index contributed by atoms with van der Waals surface area (Å²) in [5, 5.41) is 11.2. The van der Waals surface area contributed by atoms with E-state index in [1.165, 1.54) is 38.6 Å². The van der Waals surface area contributed by atoms with Crippen molar-refractivity contribution in [2.45, 2.75) is 38.1 Å². The summed E-state index contributed by atoms with van der Waals surface area (Å²) in [7, 11) is 2.26. The zero-order valence-electron chi connectivity index (χ0n) is 14.3. The molecule has 4 rings (SSSR count). The minimum absolute atomic E-state index is 0.0600. The Morgan fingerprint density at radius 1 is 1.33 bits per heavy atom. The molecule has 24 heavy (non-hydrogen) atoms. The van der Waals surface area contributed by atoms with Crippen LogP contribution in [0.1, 0.15) is 42.6 Å². The molecule has 0 aliphatic carbocycles. The van der Waals surface area contributed by atoms with Gasteiger partial charge in [0.25, 0.3) is 5.91 Å². The second kappa shape index (κ2) is 6.55. The predicted octanol–water partition coefficient (Wildman–Crippen LogP) is 2.80. The number of rotatable bonds is 3. The highest BCUT2D eigenvalue weighted by Crippen LogP contribution is 2.34. The second-order valence-corrected chi connectivity index (χ2v) is 7.56. The van der Waals surface area contributed by atoms with Gasteiger partial charge in [-0.05, 0) is 50.6 Å². The number of aromatic amines is 1. The van der Waals surface area contributed by atoms with Gasteiger partial charge in [-0.25, -0.2) is 0 Å². The zero-order chi connectivity index (χ0) is 16.5. The Balaban J connectivity index is 1.42. The van der Waals surface area contributed by atoms with Crippen molar-refractivity contribution in [2.24, 2.45) is 11.8 Å². The molecule has 2 aromatic rings. The van der Waals surface area contributed by atoms with Gasteiger partial charge in [0.1, 0.15) is 0 Å². The van der Waals surface area contributed by atoms with Gasteiger partial charge in [-0.1, -0.05) is 24.6 Å². The van der Waals surface area contributed by atoms with Crippen LogP contribution in [0.2, 0.25) is 0 Å². The Morgan fingerprint density at radius 3 is 3.12 bits per heavy atom. The van der Waals surface area contributed by atoms with E-state index in [1.54, 1.807) is 0 Å². The minimum atomic E-state index is -0.0600. The Kier molecular flexibility index (Phi) is 4.27. The summed E-state index contributed by atoms with van der Waals surface area (Å²) in [6.07, 6.45) is 6.45. The molecule has 2 aliphatic rings. The number of H-pyrrole nitrogens is 1. The first kappa shape index (κ1) is 15.6. The molecule has 0 saturated carbocycles. The van der Waals surface area contributed by atoms with E-state index >= 15 is 0 Å². The number of para-hydroxylation sites is 1. The molecular weight excluding hydrogens is 300 g/mol. The average molecular weight is 326 g/mol. The summed E-state index contributed by atoms with van der Waals surface area (Å²) >= 11 is 0. The number of hydrogen-bond acceptors (Lipinski definition) is 3. The standard InChI is InChI=1S/C19H26N4O/c1-23-12-13-5-4-6-15(23)10-14(9-13)11-20-19(24)18-16-7-2-3-8-17(16)21-22-18/h2-3,7-8,13-15H,4-6,9-12H2,1H3,(H,20,24)(H,21,22). The van der Waals surface area contributed by atoms with Crippen molar-refractivity contribution >= 4 is 16.8 Å². The van der Waals surface area contributed by atoms with E-state index in [0.29, 0.717) is 17.7 Å². The number of benzene rings is 1. The molecule has 3 unspecified atom stereocenters. The Bertz CT molecular complexity index is 725. The van der Waals surface area contributed by atoms with Gasteiger partial charge in [0.15, 0.2) is 5.69 Å². The molecule has 2 bridgehead atoms. The Morgan fingerprint density at radius 2 is 2.21 bits per heavy atom. The number of carbonyl (C=O) groups is 1.